The average molecular weight is 347 g/mol. The van der Waals surface area contributed by atoms with Crippen molar-refractivity contribution >= 4 is 11.9 Å². The van der Waals surface area contributed by atoms with Gasteiger partial charge < -0.3 is 15.3 Å². The van der Waals surface area contributed by atoms with Crippen molar-refractivity contribution in [3.05, 3.63) is 18.0 Å². The molecule has 2 N–H and O–H groups in total. The standard InChI is InChI=1S/C18H29N5O2/c1-2-6-19-17-20-11-15(12-21-17)13-22-8-5-18(14-22)4-3-7-23(9-10-24)16(18)25/h11-12,24H,2-10,13-14H2,1H3,(H,19,20,21). The first-order chi connectivity index (χ1) is 12.2. The Hall–Kier alpha value is -1.73. The van der Waals surface area contributed by atoms with Crippen LogP contribution >= 0.6 is 0 Å². The molecule has 25 heavy (non-hydrogen) atoms. The van der Waals surface area contributed by atoms with Gasteiger partial charge in [-0.05, 0) is 32.2 Å². The van der Waals surface area contributed by atoms with Crippen LogP contribution in [0.25, 0.3) is 0 Å². The van der Waals surface area contributed by atoms with Gasteiger partial charge in [-0.3, -0.25) is 9.69 Å². The summed E-state index contributed by atoms with van der Waals surface area (Å²) < 4.78 is 0. The highest BCUT2D eigenvalue weighted by Crippen LogP contribution is 2.40. The van der Waals surface area contributed by atoms with Crippen LogP contribution in [-0.4, -0.2) is 70.1 Å². The molecule has 3 rings (SSSR count). The highest BCUT2D eigenvalue weighted by atomic mass is 16.3. The number of β-amino-alcohol motifs (C(OH)–C–C–N with tert-alkyl or cyclic N) is 1. The molecule has 0 radical (unpaired) electrons. The Morgan fingerprint density at radius 1 is 1.28 bits per heavy atom. The fourth-order valence-corrected chi connectivity index (χ4v) is 3.98. The van der Waals surface area contributed by atoms with Crippen LogP contribution in [0.4, 0.5) is 5.95 Å². The molecule has 1 atom stereocenters. The molecule has 138 valence electrons. The molecule has 7 nitrogen and oxygen atoms in total. The van der Waals surface area contributed by atoms with Crippen molar-refractivity contribution in [1.82, 2.24) is 19.8 Å². The second-order valence-corrected chi connectivity index (χ2v) is 7.20. The topological polar surface area (TPSA) is 81.6 Å². The van der Waals surface area contributed by atoms with Crippen molar-refractivity contribution in [2.45, 2.75) is 39.2 Å². The summed E-state index contributed by atoms with van der Waals surface area (Å²) in [5, 5.41) is 12.3. The van der Waals surface area contributed by atoms with E-state index >= 15 is 0 Å². The Balaban J connectivity index is 1.58. The number of anilines is 1. The molecule has 2 aliphatic heterocycles. The Morgan fingerprint density at radius 2 is 2.08 bits per heavy atom. The zero-order chi connectivity index (χ0) is 17.7. The largest absolute Gasteiger partial charge is 0.395 e. The van der Waals surface area contributed by atoms with E-state index in [9.17, 15) is 4.79 Å². The highest BCUT2D eigenvalue weighted by Gasteiger charge is 2.47. The summed E-state index contributed by atoms with van der Waals surface area (Å²) in [5.74, 6) is 0.899. The van der Waals surface area contributed by atoms with E-state index in [1.165, 1.54) is 0 Å². The number of piperidine rings is 1. The molecule has 3 heterocycles. The number of nitrogens with zero attached hydrogens (tertiary/aromatic N) is 4. The number of carbonyl (C=O) groups is 1. The molecule has 0 aliphatic carbocycles. The van der Waals surface area contributed by atoms with Crippen LogP contribution in [0.3, 0.4) is 0 Å². The first-order valence-corrected chi connectivity index (χ1v) is 9.34. The molecule has 1 amide bonds. The van der Waals surface area contributed by atoms with Gasteiger partial charge in [-0.1, -0.05) is 6.92 Å². The minimum atomic E-state index is -0.253. The van der Waals surface area contributed by atoms with Gasteiger partial charge in [-0.15, -0.1) is 0 Å². The van der Waals surface area contributed by atoms with Crippen molar-refractivity contribution in [2.75, 3.05) is 44.6 Å². The minimum absolute atomic E-state index is 0.0429. The van der Waals surface area contributed by atoms with Gasteiger partial charge in [0.1, 0.15) is 0 Å². The maximum Gasteiger partial charge on any atom is 0.230 e. The number of nitrogens with one attached hydrogen (secondary N) is 1. The lowest BCUT2D eigenvalue weighted by molar-refractivity contribution is -0.146. The maximum atomic E-state index is 12.8. The number of likely N-dealkylation sites (tertiary alicyclic amines) is 2. The molecule has 1 spiro atoms. The molecule has 0 aromatic carbocycles. The highest BCUT2D eigenvalue weighted by molar-refractivity contribution is 5.84. The van der Waals surface area contributed by atoms with E-state index in [0.717, 1.165) is 64.0 Å². The number of carbonyl (C=O) groups excluding carboxylic acids is 1. The van der Waals surface area contributed by atoms with Gasteiger partial charge in [-0.2, -0.15) is 0 Å². The van der Waals surface area contributed by atoms with Crippen LogP contribution in [0, 0.1) is 5.41 Å². The molecule has 1 unspecified atom stereocenters. The monoisotopic (exact) mass is 347 g/mol. The van der Waals surface area contributed by atoms with Gasteiger partial charge in [0.15, 0.2) is 0 Å². The van der Waals surface area contributed by atoms with Crippen LogP contribution < -0.4 is 5.32 Å². The van der Waals surface area contributed by atoms with E-state index in [-0.39, 0.29) is 17.9 Å². The number of amides is 1. The van der Waals surface area contributed by atoms with Gasteiger partial charge in [0.25, 0.3) is 0 Å². The SMILES string of the molecule is CCCNc1ncc(CN2CCC3(CCCN(CCO)C3=O)C2)cn1. The predicted octanol–water partition coefficient (Wildman–Crippen LogP) is 1.11. The van der Waals surface area contributed by atoms with Gasteiger partial charge in [0.2, 0.25) is 11.9 Å². The van der Waals surface area contributed by atoms with E-state index in [4.69, 9.17) is 5.11 Å². The Labute approximate surface area is 149 Å². The lowest BCUT2D eigenvalue weighted by Crippen LogP contribution is -2.50. The molecule has 2 saturated heterocycles. The number of hydrogen-bond donors (Lipinski definition) is 2. The molecule has 7 heteroatoms. The number of aliphatic hydroxyl groups is 1. The summed E-state index contributed by atoms with van der Waals surface area (Å²) in [7, 11) is 0. The zero-order valence-electron chi connectivity index (χ0n) is 15.1. The Kier molecular flexibility index (Phi) is 5.86. The van der Waals surface area contributed by atoms with E-state index in [1.807, 2.05) is 17.3 Å². The number of aliphatic hydroxyl groups excluding tert-OH is 1. The fraction of sp³-hybridized carbons (Fsp3) is 0.722. The van der Waals surface area contributed by atoms with Gasteiger partial charge >= 0.3 is 0 Å². The second kappa shape index (κ2) is 8.10. The van der Waals surface area contributed by atoms with Crippen LogP contribution in [0.5, 0.6) is 0 Å². The summed E-state index contributed by atoms with van der Waals surface area (Å²) in [6.07, 6.45) is 7.68. The van der Waals surface area contributed by atoms with Crippen molar-refractivity contribution in [3.8, 4) is 0 Å². The van der Waals surface area contributed by atoms with Crippen molar-refractivity contribution in [3.63, 3.8) is 0 Å². The van der Waals surface area contributed by atoms with Crippen LogP contribution in [0.15, 0.2) is 12.4 Å². The van der Waals surface area contributed by atoms with Crippen LogP contribution in [0.2, 0.25) is 0 Å². The third-order valence-corrected chi connectivity index (χ3v) is 5.27. The van der Waals surface area contributed by atoms with E-state index in [2.05, 4.69) is 27.1 Å². The van der Waals surface area contributed by atoms with Gasteiger partial charge in [0, 0.05) is 50.7 Å². The Morgan fingerprint density at radius 3 is 2.80 bits per heavy atom. The van der Waals surface area contributed by atoms with Crippen molar-refractivity contribution in [1.29, 1.82) is 0 Å². The smallest absolute Gasteiger partial charge is 0.230 e. The first kappa shape index (κ1) is 18.1. The summed E-state index contributed by atoms with van der Waals surface area (Å²) in [5.41, 5.74) is 0.825. The molecule has 2 aliphatic rings. The van der Waals surface area contributed by atoms with Gasteiger partial charge in [0.05, 0.1) is 12.0 Å². The van der Waals surface area contributed by atoms with E-state index < -0.39 is 0 Å². The van der Waals surface area contributed by atoms with Crippen LogP contribution in [0.1, 0.15) is 38.2 Å². The lowest BCUT2D eigenvalue weighted by Gasteiger charge is -2.39. The second-order valence-electron chi connectivity index (χ2n) is 7.20. The number of aromatic nitrogens is 2. The molecular formula is C18H29N5O2. The summed E-state index contributed by atoms with van der Waals surface area (Å²) >= 11 is 0. The fourth-order valence-electron chi connectivity index (χ4n) is 3.98. The van der Waals surface area contributed by atoms with Gasteiger partial charge in [-0.25, -0.2) is 9.97 Å². The zero-order valence-corrected chi connectivity index (χ0v) is 15.1. The third kappa shape index (κ3) is 4.10. The summed E-state index contributed by atoms with van der Waals surface area (Å²) in [6, 6.07) is 0. The van der Waals surface area contributed by atoms with Crippen molar-refractivity contribution < 1.29 is 9.90 Å². The van der Waals surface area contributed by atoms with E-state index in [1.54, 1.807) is 0 Å². The quantitative estimate of drug-likeness (QED) is 0.769. The molecule has 1 aromatic rings. The average Bonchev–Trinajstić information content (AvgIpc) is 3.02. The number of hydrogen-bond acceptors (Lipinski definition) is 6. The van der Waals surface area contributed by atoms with Crippen molar-refractivity contribution in [2.24, 2.45) is 5.41 Å². The van der Waals surface area contributed by atoms with Crippen LogP contribution in [-0.2, 0) is 11.3 Å². The normalized spacial score (nSPS) is 24.2. The number of rotatable bonds is 7. The minimum Gasteiger partial charge on any atom is -0.395 e. The summed E-state index contributed by atoms with van der Waals surface area (Å²) in [6.45, 7) is 6.77. The lowest BCUT2D eigenvalue weighted by atomic mass is 9.78. The molecule has 0 bridgehead atoms. The predicted molar refractivity (Wildman–Crippen MR) is 96.0 cm³/mol. The summed E-state index contributed by atoms with van der Waals surface area (Å²) in [4.78, 5) is 25.7. The molecule has 1 aromatic heterocycles. The van der Waals surface area contributed by atoms with E-state index in [0.29, 0.717) is 12.5 Å². The third-order valence-electron chi connectivity index (χ3n) is 5.27. The Bertz CT molecular complexity index is 577. The molecular weight excluding hydrogens is 318 g/mol. The molecule has 2 fully saturated rings. The first-order valence-electron chi connectivity index (χ1n) is 9.34. The maximum absolute atomic E-state index is 12.8. The molecule has 0 saturated carbocycles.